The second kappa shape index (κ2) is 6.08. The molecular formula is C12H17N5O2S. The Bertz CT molecular complexity index is 628. The molecule has 1 atom stereocenters. The van der Waals surface area contributed by atoms with E-state index in [1.165, 1.54) is 18.1 Å². The highest BCUT2D eigenvalue weighted by molar-refractivity contribution is 8.00. The normalized spacial score (nSPS) is 12.7. The summed E-state index contributed by atoms with van der Waals surface area (Å²) in [4.78, 5) is 23.5. The van der Waals surface area contributed by atoms with Crippen molar-refractivity contribution in [2.75, 3.05) is 5.73 Å². The van der Waals surface area contributed by atoms with E-state index in [1.807, 2.05) is 4.57 Å². The first kappa shape index (κ1) is 14.6. The monoisotopic (exact) mass is 295 g/mol. The average Bonchev–Trinajstić information content (AvgIpc) is 2.75. The minimum Gasteiger partial charge on any atom is -0.480 e. The number of hydrogen-bond donors (Lipinski definition) is 2. The molecule has 7 nitrogen and oxygen atoms in total. The third-order valence-corrected chi connectivity index (χ3v) is 3.97. The Labute approximate surface area is 120 Å². The molecule has 20 heavy (non-hydrogen) atoms. The summed E-state index contributed by atoms with van der Waals surface area (Å²) >= 11 is 1.19. The van der Waals surface area contributed by atoms with Gasteiger partial charge in [-0.3, -0.25) is 4.79 Å². The molecule has 0 spiro atoms. The molecule has 2 rings (SSSR count). The number of nitrogen functional groups attached to an aromatic ring is 1. The highest BCUT2D eigenvalue weighted by Crippen LogP contribution is 2.28. The van der Waals surface area contributed by atoms with Gasteiger partial charge in [-0.25, -0.2) is 15.0 Å². The van der Waals surface area contributed by atoms with Gasteiger partial charge in [0.2, 0.25) is 0 Å². The van der Waals surface area contributed by atoms with Crippen LogP contribution in [0.3, 0.4) is 0 Å². The van der Waals surface area contributed by atoms with E-state index in [4.69, 9.17) is 10.8 Å². The number of carbonyl (C=O) groups is 1. The van der Waals surface area contributed by atoms with Gasteiger partial charge < -0.3 is 15.4 Å². The highest BCUT2D eigenvalue weighted by Gasteiger charge is 2.20. The summed E-state index contributed by atoms with van der Waals surface area (Å²) in [6.45, 7) is 4.46. The first-order valence-corrected chi connectivity index (χ1v) is 7.28. The zero-order valence-electron chi connectivity index (χ0n) is 11.4. The molecule has 3 N–H and O–H groups in total. The summed E-state index contributed by atoms with van der Waals surface area (Å²) in [5, 5.41) is 9.07. The number of anilines is 1. The molecule has 0 amide bonds. The molecule has 0 saturated heterocycles. The topological polar surface area (TPSA) is 107 Å². The van der Waals surface area contributed by atoms with E-state index in [0.29, 0.717) is 22.1 Å². The van der Waals surface area contributed by atoms with Crippen molar-refractivity contribution < 1.29 is 9.90 Å². The van der Waals surface area contributed by atoms with E-state index in [0.717, 1.165) is 19.4 Å². The van der Waals surface area contributed by atoms with Crippen molar-refractivity contribution in [1.29, 1.82) is 0 Å². The zero-order chi connectivity index (χ0) is 14.7. The average molecular weight is 295 g/mol. The molecule has 0 radical (unpaired) electrons. The van der Waals surface area contributed by atoms with Gasteiger partial charge in [0.1, 0.15) is 11.6 Å². The van der Waals surface area contributed by atoms with Crippen LogP contribution in [0.2, 0.25) is 0 Å². The van der Waals surface area contributed by atoms with Crippen molar-refractivity contribution in [3.8, 4) is 0 Å². The summed E-state index contributed by atoms with van der Waals surface area (Å²) in [7, 11) is 0. The molecule has 0 aliphatic carbocycles. The molecule has 0 aliphatic rings. The minimum atomic E-state index is -0.872. The third kappa shape index (κ3) is 2.84. The molecule has 0 saturated carbocycles. The summed E-state index contributed by atoms with van der Waals surface area (Å²) < 4.78 is 1.92. The summed E-state index contributed by atoms with van der Waals surface area (Å²) in [5.41, 5.74) is 6.99. The first-order chi connectivity index (χ1) is 9.54. The number of fused-ring (bicyclic) bond motifs is 1. The number of carboxylic acid groups (broad SMARTS) is 1. The van der Waals surface area contributed by atoms with Crippen molar-refractivity contribution in [1.82, 2.24) is 19.5 Å². The molecule has 0 fully saturated rings. The number of aromatic nitrogens is 4. The van der Waals surface area contributed by atoms with Crippen molar-refractivity contribution >= 4 is 34.7 Å². The van der Waals surface area contributed by atoms with Crippen molar-refractivity contribution in [3.63, 3.8) is 0 Å². The third-order valence-electron chi connectivity index (χ3n) is 2.89. The van der Waals surface area contributed by atoms with Gasteiger partial charge in [-0.2, -0.15) is 0 Å². The maximum atomic E-state index is 11.0. The van der Waals surface area contributed by atoms with Crippen LogP contribution in [0.5, 0.6) is 0 Å². The van der Waals surface area contributed by atoms with Gasteiger partial charge >= 0.3 is 5.97 Å². The number of nitrogens with zero attached hydrogens (tertiary/aromatic N) is 4. The Morgan fingerprint density at radius 2 is 2.30 bits per heavy atom. The highest BCUT2D eigenvalue weighted by atomic mass is 32.2. The Balaban J connectivity index is 2.45. The van der Waals surface area contributed by atoms with Crippen LogP contribution >= 0.6 is 11.8 Å². The lowest BCUT2D eigenvalue weighted by molar-refractivity contribution is -0.136. The standard InChI is InChI=1S/C12H17N5O2S/c1-3-4-5-17-10-8(9(13)14-6-15-10)16-12(17)20-7(2)11(18)19/h6-7H,3-5H2,1-2H3,(H,18,19)(H2,13,14,15). The molecule has 0 bridgehead atoms. The van der Waals surface area contributed by atoms with E-state index >= 15 is 0 Å². The Hall–Kier alpha value is -1.83. The van der Waals surface area contributed by atoms with Gasteiger partial charge in [-0.05, 0) is 13.3 Å². The smallest absolute Gasteiger partial charge is 0.316 e. The lowest BCUT2D eigenvalue weighted by atomic mass is 10.3. The zero-order valence-corrected chi connectivity index (χ0v) is 12.2. The van der Waals surface area contributed by atoms with Crippen LogP contribution in [0, 0.1) is 0 Å². The SMILES string of the molecule is CCCCn1c(SC(C)C(=O)O)nc2c(N)ncnc21. The number of aryl methyl sites for hydroxylation is 1. The van der Waals surface area contributed by atoms with Crippen molar-refractivity contribution in [2.24, 2.45) is 0 Å². The second-order valence-corrected chi connectivity index (χ2v) is 5.74. The van der Waals surface area contributed by atoms with E-state index < -0.39 is 11.2 Å². The fourth-order valence-electron chi connectivity index (χ4n) is 1.75. The van der Waals surface area contributed by atoms with Crippen LogP contribution in [0.4, 0.5) is 5.82 Å². The van der Waals surface area contributed by atoms with Gasteiger partial charge in [0, 0.05) is 6.54 Å². The van der Waals surface area contributed by atoms with Crippen molar-refractivity contribution in [3.05, 3.63) is 6.33 Å². The Kier molecular flexibility index (Phi) is 4.43. The largest absolute Gasteiger partial charge is 0.480 e. The molecule has 2 aromatic heterocycles. The molecular weight excluding hydrogens is 278 g/mol. The van der Waals surface area contributed by atoms with E-state index in [1.54, 1.807) is 6.92 Å². The number of unbranched alkanes of at least 4 members (excludes halogenated alkanes) is 1. The fourth-order valence-corrected chi connectivity index (χ4v) is 2.62. The maximum absolute atomic E-state index is 11.0. The van der Waals surface area contributed by atoms with Gasteiger partial charge in [0.25, 0.3) is 0 Å². The van der Waals surface area contributed by atoms with Crippen LogP contribution in [-0.4, -0.2) is 35.8 Å². The molecule has 0 aliphatic heterocycles. The van der Waals surface area contributed by atoms with E-state index in [2.05, 4.69) is 21.9 Å². The quantitative estimate of drug-likeness (QED) is 0.782. The lowest BCUT2D eigenvalue weighted by Crippen LogP contribution is -2.13. The minimum absolute atomic E-state index is 0.315. The molecule has 2 heterocycles. The molecule has 108 valence electrons. The number of aliphatic carboxylic acids is 1. The maximum Gasteiger partial charge on any atom is 0.316 e. The summed E-state index contributed by atoms with van der Waals surface area (Å²) in [5.74, 6) is -0.557. The number of nitrogens with two attached hydrogens (primary N) is 1. The van der Waals surface area contributed by atoms with Crippen LogP contribution < -0.4 is 5.73 Å². The molecule has 1 unspecified atom stereocenters. The van der Waals surface area contributed by atoms with Gasteiger partial charge in [-0.15, -0.1) is 0 Å². The lowest BCUT2D eigenvalue weighted by Gasteiger charge is -2.09. The van der Waals surface area contributed by atoms with Gasteiger partial charge in [0.05, 0.1) is 0 Å². The second-order valence-electron chi connectivity index (χ2n) is 4.43. The fraction of sp³-hybridized carbons (Fsp3) is 0.500. The Morgan fingerprint density at radius 3 is 2.95 bits per heavy atom. The van der Waals surface area contributed by atoms with E-state index in [9.17, 15) is 4.79 Å². The predicted octanol–water partition coefficient (Wildman–Crippen LogP) is 1.77. The van der Waals surface area contributed by atoms with Crippen molar-refractivity contribution in [2.45, 2.75) is 43.6 Å². The van der Waals surface area contributed by atoms with Crippen LogP contribution in [-0.2, 0) is 11.3 Å². The van der Waals surface area contributed by atoms with Gasteiger partial charge in [-0.1, -0.05) is 25.1 Å². The van der Waals surface area contributed by atoms with Crippen LogP contribution in [0.25, 0.3) is 11.2 Å². The van der Waals surface area contributed by atoms with Gasteiger partial charge in [0.15, 0.2) is 22.1 Å². The van der Waals surface area contributed by atoms with Crippen LogP contribution in [0.15, 0.2) is 11.5 Å². The number of carboxylic acids is 1. The summed E-state index contributed by atoms with van der Waals surface area (Å²) in [6, 6.07) is 0. The number of thioether (sulfide) groups is 1. The Morgan fingerprint density at radius 1 is 1.55 bits per heavy atom. The predicted molar refractivity (Wildman–Crippen MR) is 77.6 cm³/mol. The molecule has 8 heteroatoms. The number of hydrogen-bond acceptors (Lipinski definition) is 6. The van der Waals surface area contributed by atoms with E-state index in [-0.39, 0.29) is 0 Å². The van der Waals surface area contributed by atoms with Crippen LogP contribution in [0.1, 0.15) is 26.7 Å². The summed E-state index contributed by atoms with van der Waals surface area (Å²) in [6.07, 6.45) is 3.39. The first-order valence-electron chi connectivity index (χ1n) is 6.40. The molecule has 0 aromatic carbocycles. The number of imidazole rings is 1. The molecule has 2 aromatic rings. The number of rotatable bonds is 6.